The van der Waals surface area contributed by atoms with Crippen molar-refractivity contribution in [3.63, 3.8) is 0 Å². The van der Waals surface area contributed by atoms with Crippen LogP contribution in [0.3, 0.4) is 0 Å². The predicted octanol–water partition coefficient (Wildman–Crippen LogP) is 0.873. The van der Waals surface area contributed by atoms with Gasteiger partial charge in [0.1, 0.15) is 5.82 Å². The number of aromatic nitrogens is 1. The van der Waals surface area contributed by atoms with E-state index in [4.69, 9.17) is 5.11 Å². The largest absolute Gasteiger partial charge is 0.478 e. The van der Waals surface area contributed by atoms with Crippen molar-refractivity contribution in [3.8, 4) is 0 Å². The lowest BCUT2D eigenvalue weighted by Gasteiger charge is -2.10. The second-order valence-electron chi connectivity index (χ2n) is 3.06. The third-order valence-electron chi connectivity index (χ3n) is 1.65. The summed E-state index contributed by atoms with van der Waals surface area (Å²) in [5, 5.41) is 11.1. The molecule has 0 aromatic carbocycles. The zero-order valence-electron chi connectivity index (χ0n) is 8.39. The van der Waals surface area contributed by atoms with Crippen molar-refractivity contribution in [3.05, 3.63) is 23.9 Å². The van der Waals surface area contributed by atoms with Crippen molar-refractivity contribution in [1.82, 2.24) is 9.88 Å². The van der Waals surface area contributed by atoms with E-state index in [1.165, 1.54) is 23.2 Å². The number of amides is 2. The number of urea groups is 1. The van der Waals surface area contributed by atoms with E-state index in [2.05, 4.69) is 10.3 Å². The number of carboxylic acids is 1. The fourth-order valence-electron chi connectivity index (χ4n) is 0.816. The molecule has 1 rings (SSSR count). The van der Waals surface area contributed by atoms with E-state index in [-0.39, 0.29) is 11.6 Å². The zero-order chi connectivity index (χ0) is 11.4. The molecule has 6 heteroatoms. The molecule has 0 aliphatic carbocycles. The summed E-state index contributed by atoms with van der Waals surface area (Å²) < 4.78 is 0. The Morgan fingerprint density at radius 3 is 2.47 bits per heavy atom. The van der Waals surface area contributed by atoms with Gasteiger partial charge in [-0.3, -0.25) is 5.32 Å². The Kier molecular flexibility index (Phi) is 3.22. The standard InChI is InChI=1S/C9H11N3O3/c1-12(2)9(15)11-7-4-3-6(5-10-7)8(13)14/h3-5H,1-2H3,(H,13,14)(H,10,11,15). The highest BCUT2D eigenvalue weighted by atomic mass is 16.4. The quantitative estimate of drug-likeness (QED) is 0.757. The molecule has 0 aliphatic rings. The SMILES string of the molecule is CN(C)C(=O)Nc1ccc(C(=O)O)cn1. The van der Waals surface area contributed by atoms with Gasteiger partial charge < -0.3 is 10.0 Å². The summed E-state index contributed by atoms with van der Waals surface area (Å²) >= 11 is 0. The van der Waals surface area contributed by atoms with Crippen LogP contribution in [0.2, 0.25) is 0 Å². The van der Waals surface area contributed by atoms with Crippen LogP contribution in [-0.2, 0) is 0 Å². The molecule has 0 saturated carbocycles. The molecule has 15 heavy (non-hydrogen) atoms. The maximum absolute atomic E-state index is 11.2. The molecule has 0 fully saturated rings. The fourth-order valence-corrected chi connectivity index (χ4v) is 0.816. The van der Waals surface area contributed by atoms with Crippen molar-refractivity contribution in [1.29, 1.82) is 0 Å². The molecule has 1 aromatic heterocycles. The van der Waals surface area contributed by atoms with Gasteiger partial charge in [-0.05, 0) is 12.1 Å². The molecule has 80 valence electrons. The van der Waals surface area contributed by atoms with E-state index in [0.29, 0.717) is 5.82 Å². The third-order valence-corrected chi connectivity index (χ3v) is 1.65. The van der Waals surface area contributed by atoms with Gasteiger partial charge in [-0.1, -0.05) is 0 Å². The predicted molar refractivity (Wildman–Crippen MR) is 53.9 cm³/mol. The fraction of sp³-hybridized carbons (Fsp3) is 0.222. The number of nitrogens with one attached hydrogen (secondary N) is 1. The van der Waals surface area contributed by atoms with Gasteiger partial charge in [0.2, 0.25) is 0 Å². The number of carbonyl (C=O) groups excluding carboxylic acids is 1. The molecular formula is C9H11N3O3. The molecular weight excluding hydrogens is 198 g/mol. The lowest BCUT2D eigenvalue weighted by Crippen LogP contribution is -2.27. The van der Waals surface area contributed by atoms with Crippen LogP contribution in [0.5, 0.6) is 0 Å². The van der Waals surface area contributed by atoms with Gasteiger partial charge in [-0.2, -0.15) is 0 Å². The van der Waals surface area contributed by atoms with Gasteiger partial charge in [-0.25, -0.2) is 14.6 Å². The van der Waals surface area contributed by atoms with Crippen LogP contribution in [0.4, 0.5) is 10.6 Å². The Balaban J connectivity index is 2.73. The molecule has 2 amide bonds. The summed E-state index contributed by atoms with van der Waals surface area (Å²) in [6, 6.07) is 2.50. The first-order valence-electron chi connectivity index (χ1n) is 4.18. The smallest absolute Gasteiger partial charge is 0.337 e. The van der Waals surface area contributed by atoms with Gasteiger partial charge in [0, 0.05) is 20.3 Å². The highest BCUT2D eigenvalue weighted by molar-refractivity contribution is 5.89. The normalized spacial score (nSPS) is 9.47. The van der Waals surface area contributed by atoms with Crippen molar-refractivity contribution < 1.29 is 14.7 Å². The van der Waals surface area contributed by atoms with Crippen LogP contribution in [0.25, 0.3) is 0 Å². The second kappa shape index (κ2) is 4.41. The summed E-state index contributed by atoms with van der Waals surface area (Å²) in [4.78, 5) is 26.8. The number of nitrogens with zero attached hydrogens (tertiary/aromatic N) is 2. The van der Waals surface area contributed by atoms with Crippen LogP contribution in [-0.4, -0.2) is 41.1 Å². The van der Waals surface area contributed by atoms with Crippen LogP contribution >= 0.6 is 0 Å². The third kappa shape index (κ3) is 2.94. The van der Waals surface area contributed by atoms with E-state index in [0.717, 1.165) is 0 Å². The van der Waals surface area contributed by atoms with E-state index in [1.54, 1.807) is 14.1 Å². The topological polar surface area (TPSA) is 82.5 Å². The van der Waals surface area contributed by atoms with Gasteiger partial charge in [-0.15, -0.1) is 0 Å². The van der Waals surface area contributed by atoms with Crippen molar-refractivity contribution >= 4 is 17.8 Å². The summed E-state index contributed by atoms with van der Waals surface area (Å²) in [5.74, 6) is -0.730. The lowest BCUT2D eigenvalue weighted by molar-refractivity contribution is 0.0696. The number of hydrogen-bond acceptors (Lipinski definition) is 3. The summed E-state index contributed by atoms with van der Waals surface area (Å²) in [5.41, 5.74) is 0.0813. The van der Waals surface area contributed by atoms with Crippen molar-refractivity contribution in [2.75, 3.05) is 19.4 Å². The first-order chi connectivity index (χ1) is 7.00. The molecule has 0 bridgehead atoms. The van der Waals surface area contributed by atoms with Crippen molar-refractivity contribution in [2.24, 2.45) is 0 Å². The molecule has 0 unspecified atom stereocenters. The Morgan fingerprint density at radius 2 is 2.07 bits per heavy atom. The van der Waals surface area contributed by atoms with Gasteiger partial charge in [0.25, 0.3) is 0 Å². The maximum Gasteiger partial charge on any atom is 0.337 e. The molecule has 1 heterocycles. The van der Waals surface area contributed by atoms with Crippen LogP contribution in [0.15, 0.2) is 18.3 Å². The molecule has 0 atom stereocenters. The lowest BCUT2D eigenvalue weighted by atomic mass is 10.3. The number of carboxylic acid groups (broad SMARTS) is 1. The van der Waals surface area contributed by atoms with Gasteiger partial charge >= 0.3 is 12.0 Å². The average Bonchev–Trinajstić information content (AvgIpc) is 2.18. The van der Waals surface area contributed by atoms with E-state index >= 15 is 0 Å². The number of carbonyl (C=O) groups is 2. The number of anilines is 1. The van der Waals surface area contributed by atoms with E-state index in [9.17, 15) is 9.59 Å². The van der Waals surface area contributed by atoms with E-state index in [1.807, 2.05) is 0 Å². The molecule has 1 aromatic rings. The van der Waals surface area contributed by atoms with E-state index < -0.39 is 5.97 Å². The Labute approximate surface area is 86.5 Å². The van der Waals surface area contributed by atoms with Gasteiger partial charge in [0.15, 0.2) is 0 Å². The Bertz CT molecular complexity index is 373. The van der Waals surface area contributed by atoms with Crippen molar-refractivity contribution in [2.45, 2.75) is 0 Å². The molecule has 0 radical (unpaired) electrons. The summed E-state index contributed by atoms with van der Waals surface area (Å²) in [7, 11) is 3.20. The van der Waals surface area contributed by atoms with Crippen LogP contribution < -0.4 is 5.32 Å². The molecule has 0 saturated heterocycles. The minimum Gasteiger partial charge on any atom is -0.478 e. The maximum atomic E-state index is 11.2. The number of aromatic carboxylic acids is 1. The molecule has 0 aliphatic heterocycles. The Morgan fingerprint density at radius 1 is 1.40 bits per heavy atom. The minimum atomic E-state index is -1.05. The number of hydrogen-bond donors (Lipinski definition) is 2. The first-order valence-corrected chi connectivity index (χ1v) is 4.18. The highest BCUT2D eigenvalue weighted by Gasteiger charge is 2.06. The number of pyridine rings is 1. The average molecular weight is 209 g/mol. The summed E-state index contributed by atoms with van der Waals surface area (Å²) in [6.07, 6.45) is 1.19. The Hall–Kier alpha value is -2.11. The monoisotopic (exact) mass is 209 g/mol. The second-order valence-corrected chi connectivity index (χ2v) is 3.06. The molecule has 0 spiro atoms. The zero-order valence-corrected chi connectivity index (χ0v) is 8.39. The summed E-state index contributed by atoms with van der Waals surface area (Å²) in [6.45, 7) is 0. The van der Waals surface area contributed by atoms with Gasteiger partial charge in [0.05, 0.1) is 5.56 Å². The molecule has 2 N–H and O–H groups in total. The first kappa shape index (κ1) is 11.0. The number of rotatable bonds is 2. The molecule has 6 nitrogen and oxygen atoms in total. The minimum absolute atomic E-state index is 0.0813. The van der Waals surface area contributed by atoms with Crippen LogP contribution in [0, 0.1) is 0 Å². The van der Waals surface area contributed by atoms with Crippen LogP contribution in [0.1, 0.15) is 10.4 Å². The highest BCUT2D eigenvalue weighted by Crippen LogP contribution is 2.05.